The highest BCUT2D eigenvalue weighted by Crippen LogP contribution is 2.20. The molecule has 0 saturated carbocycles. The molecule has 2 aromatic heterocycles. The molecule has 1 N–H and O–H groups in total. The summed E-state index contributed by atoms with van der Waals surface area (Å²) in [6, 6.07) is 7.65. The summed E-state index contributed by atoms with van der Waals surface area (Å²) in [6.45, 7) is 2.16. The topological polar surface area (TPSA) is 101 Å². The van der Waals surface area contributed by atoms with Crippen LogP contribution in [0.5, 0.6) is 5.75 Å². The first kappa shape index (κ1) is 20.0. The monoisotopic (exact) mass is 410 g/mol. The standard InChI is InChI=1S/C20H26N8O2/c1-26(2)10-9-18(29)27-11-8-14(13-27)22-20-21-12-17-19(23-20)28(25-24-17)15-4-6-16(30-3)7-5-15/h4-7,12,14H,8-11,13H2,1-3H3,(H,21,22,23)/t14-/m0/s1. The number of nitrogens with one attached hydrogen (secondary N) is 1. The number of carbonyl (C=O) groups is 1. The zero-order valence-corrected chi connectivity index (χ0v) is 17.4. The molecule has 30 heavy (non-hydrogen) atoms. The number of amides is 1. The highest BCUT2D eigenvalue weighted by molar-refractivity contribution is 5.77. The van der Waals surface area contributed by atoms with Crippen LogP contribution < -0.4 is 10.1 Å². The van der Waals surface area contributed by atoms with Crippen molar-refractivity contribution >= 4 is 23.0 Å². The molecule has 158 valence electrons. The maximum absolute atomic E-state index is 12.3. The van der Waals surface area contributed by atoms with E-state index in [2.05, 4.69) is 25.6 Å². The third-order valence-electron chi connectivity index (χ3n) is 5.16. The van der Waals surface area contributed by atoms with Crippen molar-refractivity contribution in [2.45, 2.75) is 18.9 Å². The zero-order valence-electron chi connectivity index (χ0n) is 17.4. The van der Waals surface area contributed by atoms with Crippen LogP contribution in [0.4, 0.5) is 5.95 Å². The third-order valence-corrected chi connectivity index (χ3v) is 5.16. The van der Waals surface area contributed by atoms with E-state index >= 15 is 0 Å². The van der Waals surface area contributed by atoms with Crippen molar-refractivity contribution in [3.63, 3.8) is 0 Å². The van der Waals surface area contributed by atoms with Gasteiger partial charge in [0.15, 0.2) is 11.2 Å². The van der Waals surface area contributed by atoms with Crippen molar-refractivity contribution in [3.8, 4) is 11.4 Å². The minimum absolute atomic E-state index is 0.121. The average molecular weight is 410 g/mol. The first-order chi connectivity index (χ1) is 14.5. The van der Waals surface area contributed by atoms with Crippen LogP contribution in [-0.4, -0.2) is 87.6 Å². The summed E-state index contributed by atoms with van der Waals surface area (Å²) >= 11 is 0. The summed E-state index contributed by atoms with van der Waals surface area (Å²) in [5.41, 5.74) is 2.07. The fourth-order valence-corrected chi connectivity index (χ4v) is 3.46. The lowest BCUT2D eigenvalue weighted by molar-refractivity contribution is -0.130. The molecule has 0 radical (unpaired) electrons. The molecular weight excluding hydrogens is 384 g/mol. The molecule has 10 heteroatoms. The fourth-order valence-electron chi connectivity index (χ4n) is 3.46. The van der Waals surface area contributed by atoms with Gasteiger partial charge < -0.3 is 19.9 Å². The molecule has 3 heterocycles. The Hall–Kier alpha value is -3.27. The average Bonchev–Trinajstić information content (AvgIpc) is 3.39. The van der Waals surface area contributed by atoms with Gasteiger partial charge in [0.2, 0.25) is 11.9 Å². The van der Waals surface area contributed by atoms with Crippen molar-refractivity contribution in [2.75, 3.05) is 46.2 Å². The number of likely N-dealkylation sites (tertiary alicyclic amines) is 1. The molecular formula is C20H26N8O2. The molecule has 0 unspecified atom stereocenters. The molecule has 0 bridgehead atoms. The molecule has 1 atom stereocenters. The van der Waals surface area contributed by atoms with E-state index in [1.54, 1.807) is 18.0 Å². The van der Waals surface area contributed by atoms with E-state index < -0.39 is 0 Å². The largest absolute Gasteiger partial charge is 0.497 e. The summed E-state index contributed by atoms with van der Waals surface area (Å²) in [5, 5.41) is 11.7. The van der Waals surface area contributed by atoms with Crippen LogP contribution in [0.15, 0.2) is 30.5 Å². The summed E-state index contributed by atoms with van der Waals surface area (Å²) in [7, 11) is 5.58. The second-order valence-electron chi connectivity index (χ2n) is 7.62. The van der Waals surface area contributed by atoms with Crippen molar-refractivity contribution in [1.82, 2.24) is 34.8 Å². The van der Waals surface area contributed by atoms with Gasteiger partial charge >= 0.3 is 0 Å². The Kier molecular flexibility index (Phi) is 5.75. The van der Waals surface area contributed by atoms with E-state index in [4.69, 9.17) is 4.74 Å². The maximum atomic E-state index is 12.3. The minimum Gasteiger partial charge on any atom is -0.497 e. The Balaban J connectivity index is 1.46. The number of rotatable bonds is 7. The van der Waals surface area contributed by atoms with Gasteiger partial charge in [-0.2, -0.15) is 9.67 Å². The normalized spacial score (nSPS) is 16.4. The van der Waals surface area contributed by atoms with Gasteiger partial charge in [0.1, 0.15) is 5.75 Å². The number of hydrogen-bond acceptors (Lipinski definition) is 8. The van der Waals surface area contributed by atoms with Crippen LogP contribution in [0, 0.1) is 0 Å². The second-order valence-corrected chi connectivity index (χ2v) is 7.62. The molecule has 0 aliphatic carbocycles. The van der Waals surface area contributed by atoms with E-state index in [-0.39, 0.29) is 11.9 Å². The first-order valence-corrected chi connectivity index (χ1v) is 9.95. The summed E-state index contributed by atoms with van der Waals surface area (Å²) in [4.78, 5) is 25.3. The van der Waals surface area contributed by atoms with Gasteiger partial charge in [-0.05, 0) is 44.8 Å². The van der Waals surface area contributed by atoms with Gasteiger partial charge in [-0.3, -0.25) is 4.79 Å². The van der Waals surface area contributed by atoms with Crippen molar-refractivity contribution < 1.29 is 9.53 Å². The van der Waals surface area contributed by atoms with E-state index in [0.29, 0.717) is 30.1 Å². The van der Waals surface area contributed by atoms with Gasteiger partial charge in [-0.25, -0.2) is 4.98 Å². The molecule has 1 fully saturated rings. The summed E-state index contributed by atoms with van der Waals surface area (Å²) in [6.07, 6.45) is 3.06. The Morgan fingerprint density at radius 2 is 2.10 bits per heavy atom. The number of hydrogen-bond donors (Lipinski definition) is 1. The number of carbonyl (C=O) groups excluding carboxylic acids is 1. The number of ether oxygens (including phenoxy) is 1. The van der Waals surface area contributed by atoms with E-state index in [9.17, 15) is 4.79 Å². The van der Waals surface area contributed by atoms with Crippen LogP contribution in [0.3, 0.4) is 0 Å². The van der Waals surface area contributed by atoms with Crippen LogP contribution in [0.1, 0.15) is 12.8 Å². The van der Waals surface area contributed by atoms with E-state index in [0.717, 1.165) is 30.9 Å². The van der Waals surface area contributed by atoms with Gasteiger partial charge in [0.25, 0.3) is 0 Å². The molecule has 0 spiro atoms. The smallest absolute Gasteiger partial charge is 0.225 e. The second kappa shape index (κ2) is 8.62. The van der Waals surface area contributed by atoms with Gasteiger partial charge in [0.05, 0.1) is 19.0 Å². The Morgan fingerprint density at radius 3 is 2.83 bits per heavy atom. The zero-order chi connectivity index (χ0) is 21.1. The lowest BCUT2D eigenvalue weighted by Gasteiger charge is -2.18. The lowest BCUT2D eigenvalue weighted by Crippen LogP contribution is -2.33. The van der Waals surface area contributed by atoms with Crippen LogP contribution in [0.2, 0.25) is 0 Å². The van der Waals surface area contributed by atoms with Crippen LogP contribution in [0.25, 0.3) is 16.9 Å². The predicted octanol–water partition coefficient (Wildman–Crippen LogP) is 1.18. The Bertz CT molecular complexity index is 1020. The molecule has 3 aromatic rings. The van der Waals surface area contributed by atoms with Gasteiger partial charge in [0, 0.05) is 32.1 Å². The number of aromatic nitrogens is 5. The minimum atomic E-state index is 0.121. The quantitative estimate of drug-likeness (QED) is 0.620. The predicted molar refractivity (Wildman–Crippen MR) is 113 cm³/mol. The van der Waals surface area contributed by atoms with Crippen LogP contribution in [-0.2, 0) is 4.79 Å². The molecule has 1 aliphatic heterocycles. The first-order valence-electron chi connectivity index (χ1n) is 9.95. The molecule has 1 aliphatic rings. The molecule has 1 aromatic carbocycles. The molecule has 1 saturated heterocycles. The maximum Gasteiger partial charge on any atom is 0.225 e. The Labute approximate surface area is 174 Å². The highest BCUT2D eigenvalue weighted by atomic mass is 16.5. The Morgan fingerprint density at radius 1 is 1.30 bits per heavy atom. The summed E-state index contributed by atoms with van der Waals surface area (Å²) in [5.74, 6) is 1.46. The summed E-state index contributed by atoms with van der Waals surface area (Å²) < 4.78 is 6.88. The number of methoxy groups -OCH3 is 1. The van der Waals surface area contributed by atoms with Gasteiger partial charge in [-0.15, -0.1) is 5.10 Å². The van der Waals surface area contributed by atoms with Crippen molar-refractivity contribution in [1.29, 1.82) is 0 Å². The fraction of sp³-hybridized carbons (Fsp3) is 0.450. The molecule has 4 rings (SSSR count). The van der Waals surface area contributed by atoms with Crippen molar-refractivity contribution in [2.24, 2.45) is 0 Å². The lowest BCUT2D eigenvalue weighted by atomic mass is 10.3. The third kappa shape index (κ3) is 4.33. The highest BCUT2D eigenvalue weighted by Gasteiger charge is 2.26. The number of benzene rings is 1. The number of anilines is 1. The molecule has 10 nitrogen and oxygen atoms in total. The molecule has 1 amide bonds. The van der Waals surface area contributed by atoms with Crippen molar-refractivity contribution in [3.05, 3.63) is 30.5 Å². The van der Waals surface area contributed by atoms with Crippen LogP contribution >= 0.6 is 0 Å². The van der Waals surface area contributed by atoms with Gasteiger partial charge in [-0.1, -0.05) is 5.21 Å². The number of fused-ring (bicyclic) bond motifs is 1. The van der Waals surface area contributed by atoms with E-state index in [1.807, 2.05) is 48.2 Å². The number of nitrogens with zero attached hydrogens (tertiary/aromatic N) is 7. The SMILES string of the molecule is COc1ccc(-n2nnc3cnc(N[C@H]4CCN(C(=O)CCN(C)C)C4)nc32)cc1. The van der Waals surface area contributed by atoms with E-state index in [1.165, 1.54) is 0 Å².